The van der Waals surface area contributed by atoms with E-state index in [1.807, 2.05) is 37.3 Å². The van der Waals surface area contributed by atoms with E-state index in [-0.39, 0.29) is 42.7 Å². The molecule has 21 heavy (non-hydrogen) atoms. The average molecular weight is 312 g/mol. The SMILES string of the molecule is CCC1C(=O)NCCN1C(=O)CC(N)c1ccccc1.Cl. The summed E-state index contributed by atoms with van der Waals surface area (Å²) in [7, 11) is 0. The molecule has 0 aliphatic carbocycles. The third kappa shape index (κ3) is 4.19. The highest BCUT2D eigenvalue weighted by molar-refractivity contribution is 5.89. The Morgan fingerprint density at radius 1 is 1.43 bits per heavy atom. The normalized spacial score (nSPS) is 19.4. The molecule has 116 valence electrons. The molecule has 0 aromatic heterocycles. The lowest BCUT2D eigenvalue weighted by Gasteiger charge is -2.35. The molecule has 1 aromatic rings. The van der Waals surface area contributed by atoms with Crippen LogP contribution in [0.15, 0.2) is 30.3 Å². The van der Waals surface area contributed by atoms with Crippen LogP contribution in [0.5, 0.6) is 0 Å². The average Bonchev–Trinajstić information content (AvgIpc) is 2.47. The molecule has 1 aliphatic rings. The van der Waals surface area contributed by atoms with E-state index in [2.05, 4.69) is 5.32 Å². The standard InChI is InChI=1S/C15H21N3O2.ClH/c1-2-13-15(20)17-8-9-18(13)14(19)10-12(16)11-6-4-3-5-7-11;/h3-7,12-13H,2,8-10,16H2,1H3,(H,17,20);1H. The second-order valence-corrected chi connectivity index (χ2v) is 5.02. The molecule has 1 fully saturated rings. The number of carbonyl (C=O) groups is 2. The van der Waals surface area contributed by atoms with Gasteiger partial charge in [-0.05, 0) is 12.0 Å². The van der Waals surface area contributed by atoms with E-state index in [1.54, 1.807) is 4.90 Å². The monoisotopic (exact) mass is 311 g/mol. The quantitative estimate of drug-likeness (QED) is 0.878. The molecule has 2 unspecified atom stereocenters. The van der Waals surface area contributed by atoms with Crippen molar-refractivity contribution in [2.45, 2.75) is 31.8 Å². The summed E-state index contributed by atoms with van der Waals surface area (Å²) in [4.78, 5) is 25.8. The van der Waals surface area contributed by atoms with Crippen LogP contribution in [-0.2, 0) is 9.59 Å². The summed E-state index contributed by atoms with van der Waals surface area (Å²) in [5, 5.41) is 2.79. The number of carbonyl (C=O) groups excluding carboxylic acids is 2. The van der Waals surface area contributed by atoms with Crippen molar-refractivity contribution < 1.29 is 9.59 Å². The Kier molecular flexibility index (Phi) is 6.65. The van der Waals surface area contributed by atoms with Gasteiger partial charge in [0, 0.05) is 25.6 Å². The van der Waals surface area contributed by atoms with Gasteiger partial charge in [0.05, 0.1) is 0 Å². The number of nitrogens with zero attached hydrogens (tertiary/aromatic N) is 1. The highest BCUT2D eigenvalue weighted by Crippen LogP contribution is 2.17. The number of rotatable bonds is 4. The predicted molar refractivity (Wildman–Crippen MR) is 84.0 cm³/mol. The first kappa shape index (κ1) is 17.5. The Balaban J connectivity index is 0.00000220. The molecule has 2 rings (SSSR count). The molecular formula is C15H22ClN3O2. The van der Waals surface area contributed by atoms with Gasteiger partial charge in [0.25, 0.3) is 0 Å². The molecule has 6 heteroatoms. The van der Waals surface area contributed by atoms with Crippen molar-refractivity contribution in [3.8, 4) is 0 Å². The van der Waals surface area contributed by atoms with Crippen molar-refractivity contribution >= 4 is 24.2 Å². The van der Waals surface area contributed by atoms with Crippen LogP contribution in [0.25, 0.3) is 0 Å². The first-order valence-corrected chi connectivity index (χ1v) is 7.01. The van der Waals surface area contributed by atoms with Crippen molar-refractivity contribution in [2.75, 3.05) is 13.1 Å². The summed E-state index contributed by atoms with van der Waals surface area (Å²) < 4.78 is 0. The van der Waals surface area contributed by atoms with E-state index in [0.717, 1.165) is 5.56 Å². The van der Waals surface area contributed by atoms with E-state index in [1.165, 1.54) is 0 Å². The Hall–Kier alpha value is -1.59. The second kappa shape index (κ2) is 8.00. The van der Waals surface area contributed by atoms with Gasteiger partial charge < -0.3 is 16.0 Å². The number of amides is 2. The summed E-state index contributed by atoms with van der Waals surface area (Å²) >= 11 is 0. The number of hydrogen-bond acceptors (Lipinski definition) is 3. The zero-order valence-corrected chi connectivity index (χ0v) is 12.9. The van der Waals surface area contributed by atoms with E-state index in [0.29, 0.717) is 19.5 Å². The van der Waals surface area contributed by atoms with E-state index >= 15 is 0 Å². The fraction of sp³-hybridized carbons (Fsp3) is 0.467. The summed E-state index contributed by atoms with van der Waals surface area (Å²) in [5.41, 5.74) is 7.02. The first-order chi connectivity index (χ1) is 9.63. The van der Waals surface area contributed by atoms with Gasteiger partial charge in [-0.3, -0.25) is 9.59 Å². The molecule has 3 N–H and O–H groups in total. The Labute approximate surface area is 131 Å². The van der Waals surface area contributed by atoms with Gasteiger partial charge in [-0.1, -0.05) is 37.3 Å². The Bertz CT molecular complexity index is 481. The molecule has 1 aliphatic heterocycles. The number of benzene rings is 1. The molecule has 2 amide bonds. The van der Waals surface area contributed by atoms with Crippen LogP contribution in [0.4, 0.5) is 0 Å². The molecule has 0 bridgehead atoms. The van der Waals surface area contributed by atoms with Crippen LogP contribution < -0.4 is 11.1 Å². The molecule has 5 nitrogen and oxygen atoms in total. The molecule has 0 radical (unpaired) electrons. The topological polar surface area (TPSA) is 75.4 Å². The summed E-state index contributed by atoms with van der Waals surface area (Å²) in [6.07, 6.45) is 0.853. The van der Waals surface area contributed by atoms with E-state index in [9.17, 15) is 9.59 Å². The number of halogens is 1. The van der Waals surface area contributed by atoms with Crippen molar-refractivity contribution in [2.24, 2.45) is 5.73 Å². The Morgan fingerprint density at radius 2 is 2.10 bits per heavy atom. The molecule has 0 spiro atoms. The highest BCUT2D eigenvalue weighted by atomic mass is 35.5. The minimum absolute atomic E-state index is 0. The van der Waals surface area contributed by atoms with E-state index < -0.39 is 0 Å². The fourth-order valence-electron chi connectivity index (χ4n) is 2.54. The smallest absolute Gasteiger partial charge is 0.242 e. The highest BCUT2D eigenvalue weighted by Gasteiger charge is 2.32. The van der Waals surface area contributed by atoms with Crippen molar-refractivity contribution in [1.29, 1.82) is 0 Å². The van der Waals surface area contributed by atoms with Crippen LogP contribution >= 0.6 is 12.4 Å². The second-order valence-electron chi connectivity index (χ2n) is 5.02. The summed E-state index contributed by atoms with van der Waals surface area (Å²) in [5.74, 6) is -0.122. The zero-order chi connectivity index (χ0) is 14.5. The molecule has 1 heterocycles. The molecular weight excluding hydrogens is 290 g/mol. The van der Waals surface area contributed by atoms with Gasteiger partial charge in [0.15, 0.2) is 0 Å². The van der Waals surface area contributed by atoms with Crippen LogP contribution in [0.2, 0.25) is 0 Å². The summed E-state index contributed by atoms with van der Waals surface area (Å²) in [6, 6.07) is 8.87. The minimum atomic E-state index is -0.362. The maximum Gasteiger partial charge on any atom is 0.242 e. The van der Waals surface area contributed by atoms with Gasteiger partial charge in [0.2, 0.25) is 11.8 Å². The number of nitrogens with two attached hydrogens (primary N) is 1. The zero-order valence-electron chi connectivity index (χ0n) is 12.1. The van der Waals surface area contributed by atoms with Crippen molar-refractivity contribution in [1.82, 2.24) is 10.2 Å². The largest absolute Gasteiger partial charge is 0.353 e. The van der Waals surface area contributed by atoms with Gasteiger partial charge in [-0.2, -0.15) is 0 Å². The lowest BCUT2D eigenvalue weighted by Crippen LogP contribution is -2.57. The van der Waals surface area contributed by atoms with Crippen molar-refractivity contribution in [3.63, 3.8) is 0 Å². The summed E-state index contributed by atoms with van der Waals surface area (Å²) in [6.45, 7) is 2.99. The molecule has 0 saturated carbocycles. The number of hydrogen-bond donors (Lipinski definition) is 2. The van der Waals surface area contributed by atoms with Gasteiger partial charge in [0.1, 0.15) is 6.04 Å². The lowest BCUT2D eigenvalue weighted by atomic mass is 10.0. The third-order valence-corrected chi connectivity index (χ3v) is 3.66. The van der Waals surface area contributed by atoms with Gasteiger partial charge >= 0.3 is 0 Å². The minimum Gasteiger partial charge on any atom is -0.353 e. The Morgan fingerprint density at radius 3 is 2.71 bits per heavy atom. The number of nitrogens with one attached hydrogen (secondary N) is 1. The maximum absolute atomic E-state index is 12.4. The number of piperazine rings is 1. The van der Waals surface area contributed by atoms with Crippen LogP contribution in [-0.4, -0.2) is 35.8 Å². The maximum atomic E-state index is 12.4. The van der Waals surface area contributed by atoms with Crippen LogP contribution in [0.1, 0.15) is 31.4 Å². The lowest BCUT2D eigenvalue weighted by molar-refractivity contribution is -0.143. The van der Waals surface area contributed by atoms with Gasteiger partial charge in [-0.25, -0.2) is 0 Å². The van der Waals surface area contributed by atoms with E-state index in [4.69, 9.17) is 5.73 Å². The third-order valence-electron chi connectivity index (χ3n) is 3.66. The molecule has 2 atom stereocenters. The van der Waals surface area contributed by atoms with Crippen LogP contribution in [0.3, 0.4) is 0 Å². The fourth-order valence-corrected chi connectivity index (χ4v) is 2.54. The van der Waals surface area contributed by atoms with Crippen molar-refractivity contribution in [3.05, 3.63) is 35.9 Å². The van der Waals surface area contributed by atoms with Crippen LogP contribution in [0, 0.1) is 0 Å². The first-order valence-electron chi connectivity index (χ1n) is 7.01. The molecule has 1 aromatic carbocycles. The molecule has 1 saturated heterocycles. The van der Waals surface area contributed by atoms with Gasteiger partial charge in [-0.15, -0.1) is 12.4 Å². The predicted octanol–water partition coefficient (Wildman–Crippen LogP) is 1.24.